The maximum absolute atomic E-state index is 12.1. The second-order valence-corrected chi connectivity index (χ2v) is 2.36. The lowest BCUT2D eigenvalue weighted by atomic mass is 10.2. The molecule has 0 spiro atoms. The molecule has 1 rings (SSSR count). The lowest BCUT2D eigenvalue weighted by Gasteiger charge is -1.86. The van der Waals surface area contributed by atoms with Gasteiger partial charge in [-0.2, -0.15) is 4.21 Å². The number of aldehydes is 1. The molecule has 6 heteroatoms. The minimum absolute atomic E-state index is 0.319. The van der Waals surface area contributed by atoms with Crippen LogP contribution in [0.25, 0.3) is 0 Å². The first-order chi connectivity index (χ1) is 6.06. The number of rotatable bonds is 1. The molecule has 0 fully saturated rings. The van der Waals surface area contributed by atoms with E-state index in [1.807, 2.05) is 0 Å². The normalized spacial score (nSPS) is 8.92. The fourth-order valence-electron chi connectivity index (χ4n) is 0.541. The smallest absolute Gasteiger partial charge is 0.298 e. The number of carbonyl (C=O) groups is 1. The van der Waals surface area contributed by atoms with Crippen molar-refractivity contribution in [1.82, 2.24) is 0 Å². The maximum atomic E-state index is 12.1. The number of benzene rings is 1. The highest BCUT2D eigenvalue weighted by Crippen LogP contribution is 1.98. The number of hydrogen-bond acceptors (Lipinski definition) is 2. The molecule has 0 bridgehead atoms. The third-order valence-electron chi connectivity index (χ3n) is 1.01. The summed E-state index contributed by atoms with van der Waals surface area (Å²) in [5.74, 6) is -0.319. The lowest BCUT2D eigenvalue weighted by Crippen LogP contribution is -1.77. The van der Waals surface area contributed by atoms with Gasteiger partial charge in [0.05, 0.1) is 0 Å². The third-order valence-corrected chi connectivity index (χ3v) is 1.01. The van der Waals surface area contributed by atoms with Crippen molar-refractivity contribution in [3.05, 3.63) is 35.6 Å². The van der Waals surface area contributed by atoms with Crippen molar-refractivity contribution in [3.8, 4) is 0 Å². The van der Waals surface area contributed by atoms with E-state index in [0.717, 1.165) is 0 Å². The molecule has 2 N–H and O–H groups in total. The molecule has 0 atom stereocenters. The summed E-state index contributed by atoms with van der Waals surface area (Å²) in [6.07, 6.45) is 0.680. The molecule has 0 saturated carbocycles. The summed E-state index contributed by atoms with van der Waals surface area (Å²) in [4.78, 5) is 10.00. The van der Waals surface area contributed by atoms with Gasteiger partial charge in [-0.05, 0) is 24.3 Å². The van der Waals surface area contributed by atoms with E-state index >= 15 is 0 Å². The van der Waals surface area contributed by atoms with Crippen LogP contribution in [-0.4, -0.2) is 19.6 Å². The Kier molecular flexibility index (Phi) is 5.86. The molecule has 0 aliphatic carbocycles. The number of halogens is 1. The van der Waals surface area contributed by atoms with Gasteiger partial charge in [-0.25, -0.2) is 4.39 Å². The van der Waals surface area contributed by atoms with Crippen molar-refractivity contribution >= 4 is 17.6 Å². The van der Waals surface area contributed by atoms with Crippen LogP contribution >= 0.6 is 0 Å². The van der Waals surface area contributed by atoms with Gasteiger partial charge in [0.25, 0.3) is 11.4 Å². The van der Waals surface area contributed by atoms with Crippen molar-refractivity contribution < 1.29 is 22.5 Å². The first-order valence-electron chi connectivity index (χ1n) is 3.07. The van der Waals surface area contributed by atoms with Crippen LogP contribution in [0.3, 0.4) is 0 Å². The Hall–Kier alpha value is -1.11. The predicted molar refractivity (Wildman–Crippen MR) is 45.2 cm³/mol. The van der Waals surface area contributed by atoms with Gasteiger partial charge in [-0.15, -0.1) is 0 Å². The highest BCUT2D eigenvalue weighted by Gasteiger charge is 1.87. The van der Waals surface area contributed by atoms with E-state index in [2.05, 4.69) is 0 Å². The van der Waals surface area contributed by atoms with E-state index in [4.69, 9.17) is 13.3 Å². The summed E-state index contributed by atoms with van der Waals surface area (Å²) in [6.45, 7) is 0. The third kappa shape index (κ3) is 7.26. The van der Waals surface area contributed by atoms with Gasteiger partial charge in [-0.3, -0.25) is 13.9 Å². The Morgan fingerprint density at radius 3 is 1.92 bits per heavy atom. The molecular weight excluding hydrogens is 199 g/mol. The molecule has 0 saturated heterocycles. The van der Waals surface area contributed by atoms with E-state index in [9.17, 15) is 9.18 Å². The molecule has 0 radical (unpaired) electrons. The summed E-state index contributed by atoms with van der Waals surface area (Å²) in [7, 11) is 0. The Morgan fingerprint density at radius 2 is 1.62 bits per heavy atom. The van der Waals surface area contributed by atoms with Gasteiger partial charge in [0.2, 0.25) is 0 Å². The van der Waals surface area contributed by atoms with Crippen LogP contribution in [-0.2, 0) is 11.4 Å². The summed E-state index contributed by atoms with van der Waals surface area (Å²) in [5.41, 5.74) is 0.497. The van der Waals surface area contributed by atoms with Crippen molar-refractivity contribution in [2.24, 2.45) is 0 Å². The van der Waals surface area contributed by atoms with Gasteiger partial charge in [0.15, 0.2) is 0 Å². The Balaban J connectivity index is 0.000000310. The standard InChI is InChI=1S/C7H5FO.H2O3S/c8-7-3-1-6(5-9)2-4-7;1-4(2)3/h1-5H;(H2,1,2,3). The quantitative estimate of drug-likeness (QED) is 0.536. The second kappa shape index (κ2) is 6.41. The average Bonchev–Trinajstić information content (AvgIpc) is 2.05. The van der Waals surface area contributed by atoms with E-state index in [0.29, 0.717) is 11.8 Å². The van der Waals surface area contributed by atoms with Crippen LogP contribution < -0.4 is 0 Å². The molecule has 0 unspecified atom stereocenters. The molecule has 72 valence electrons. The van der Waals surface area contributed by atoms with Crippen LogP contribution in [0.2, 0.25) is 0 Å². The summed E-state index contributed by atoms with van der Waals surface area (Å²) in [6, 6.07) is 5.37. The van der Waals surface area contributed by atoms with E-state index in [1.165, 1.54) is 24.3 Å². The van der Waals surface area contributed by atoms with Crippen molar-refractivity contribution in [3.63, 3.8) is 0 Å². The van der Waals surface area contributed by atoms with Gasteiger partial charge in [0, 0.05) is 5.56 Å². The number of hydrogen-bond donors (Lipinski definition) is 2. The largest absolute Gasteiger partial charge is 0.299 e. The first-order valence-corrected chi connectivity index (χ1v) is 4.13. The van der Waals surface area contributed by atoms with Crippen LogP contribution in [0, 0.1) is 5.82 Å². The summed E-state index contributed by atoms with van der Waals surface area (Å²) < 4.78 is 34.9. The highest BCUT2D eigenvalue weighted by atomic mass is 32.2. The summed E-state index contributed by atoms with van der Waals surface area (Å²) >= 11 is -2.61. The lowest BCUT2D eigenvalue weighted by molar-refractivity contribution is 0.112. The minimum atomic E-state index is -2.61. The van der Waals surface area contributed by atoms with Gasteiger partial charge in [-0.1, -0.05) is 0 Å². The SMILES string of the molecule is O=Cc1ccc(F)cc1.O=S(O)O. The minimum Gasteiger partial charge on any atom is -0.298 e. The Labute approximate surface area is 76.5 Å². The Morgan fingerprint density at radius 1 is 1.23 bits per heavy atom. The van der Waals surface area contributed by atoms with Crippen molar-refractivity contribution in [1.29, 1.82) is 0 Å². The summed E-state index contributed by atoms with van der Waals surface area (Å²) in [5, 5.41) is 0. The van der Waals surface area contributed by atoms with Gasteiger partial charge in [0.1, 0.15) is 12.1 Å². The molecule has 0 aromatic heterocycles. The van der Waals surface area contributed by atoms with Crippen LogP contribution in [0.5, 0.6) is 0 Å². The van der Waals surface area contributed by atoms with Crippen molar-refractivity contribution in [2.45, 2.75) is 0 Å². The zero-order chi connectivity index (χ0) is 10.3. The molecule has 4 nitrogen and oxygen atoms in total. The predicted octanol–water partition coefficient (Wildman–Crippen LogP) is 1.32. The molecule has 0 aliphatic heterocycles. The van der Waals surface area contributed by atoms with E-state index in [-0.39, 0.29) is 5.82 Å². The molecule has 0 aliphatic rings. The van der Waals surface area contributed by atoms with E-state index < -0.39 is 11.4 Å². The molecular formula is C7H7FO4S. The fraction of sp³-hybridized carbons (Fsp3) is 0. The zero-order valence-electron chi connectivity index (χ0n) is 6.38. The zero-order valence-corrected chi connectivity index (χ0v) is 7.20. The molecule has 1 aromatic rings. The van der Waals surface area contributed by atoms with Gasteiger partial charge < -0.3 is 0 Å². The van der Waals surface area contributed by atoms with Crippen LogP contribution in [0.4, 0.5) is 4.39 Å². The molecule has 0 amide bonds. The topological polar surface area (TPSA) is 74.6 Å². The van der Waals surface area contributed by atoms with Crippen molar-refractivity contribution in [2.75, 3.05) is 0 Å². The monoisotopic (exact) mass is 206 g/mol. The first kappa shape index (κ1) is 11.9. The fourth-order valence-corrected chi connectivity index (χ4v) is 0.541. The second-order valence-electron chi connectivity index (χ2n) is 1.90. The maximum Gasteiger partial charge on any atom is 0.299 e. The van der Waals surface area contributed by atoms with E-state index in [1.54, 1.807) is 0 Å². The number of carbonyl (C=O) groups excluding carboxylic acids is 1. The average molecular weight is 206 g/mol. The Bertz CT molecular complexity index is 281. The van der Waals surface area contributed by atoms with Gasteiger partial charge >= 0.3 is 0 Å². The molecule has 1 aromatic carbocycles. The van der Waals surface area contributed by atoms with Crippen LogP contribution in [0.15, 0.2) is 24.3 Å². The van der Waals surface area contributed by atoms with Crippen LogP contribution in [0.1, 0.15) is 10.4 Å². The molecule has 13 heavy (non-hydrogen) atoms. The highest BCUT2D eigenvalue weighted by molar-refractivity contribution is 7.73. The molecule has 0 heterocycles.